The van der Waals surface area contributed by atoms with Crippen LogP contribution in [0.1, 0.15) is 11.1 Å². The van der Waals surface area contributed by atoms with Crippen molar-refractivity contribution in [3.05, 3.63) is 64.9 Å². The minimum absolute atomic E-state index is 0.168. The van der Waals surface area contributed by atoms with E-state index in [2.05, 4.69) is 5.32 Å². The predicted octanol–water partition coefficient (Wildman–Crippen LogP) is 3.38. The molecular formula is C20H13N5O2. The molecule has 27 heavy (non-hydrogen) atoms. The van der Waals surface area contributed by atoms with Crippen molar-refractivity contribution < 1.29 is 9.47 Å². The van der Waals surface area contributed by atoms with Crippen LogP contribution in [0, 0.1) is 45.3 Å². The average Bonchev–Trinajstić information content (AvgIpc) is 2.72. The Morgan fingerprint density at radius 2 is 1.67 bits per heavy atom. The van der Waals surface area contributed by atoms with E-state index in [9.17, 15) is 10.5 Å². The van der Waals surface area contributed by atoms with E-state index in [1.54, 1.807) is 18.2 Å². The van der Waals surface area contributed by atoms with Gasteiger partial charge in [0.25, 0.3) is 0 Å². The second-order valence-electron chi connectivity index (χ2n) is 5.15. The fourth-order valence-electron chi connectivity index (χ4n) is 2.18. The Bertz CT molecular complexity index is 1020. The van der Waals surface area contributed by atoms with E-state index in [0.717, 1.165) is 5.56 Å². The summed E-state index contributed by atoms with van der Waals surface area (Å²) in [5.41, 5.74) is 0.690. The summed E-state index contributed by atoms with van der Waals surface area (Å²) in [6, 6.07) is 19.4. The highest BCUT2D eigenvalue weighted by Gasteiger charge is 2.15. The molecule has 0 atom stereocenters. The number of nitrogens with zero attached hydrogens (tertiary/aromatic N) is 4. The quantitative estimate of drug-likeness (QED) is 0.787. The maximum Gasteiger partial charge on any atom is 0.163 e. The number of rotatable bonds is 6. The molecule has 7 heteroatoms. The highest BCUT2D eigenvalue weighted by atomic mass is 16.5. The van der Waals surface area contributed by atoms with Gasteiger partial charge in [0.1, 0.15) is 36.6 Å². The van der Waals surface area contributed by atoms with E-state index >= 15 is 0 Å². The average molecular weight is 355 g/mol. The van der Waals surface area contributed by atoms with Gasteiger partial charge in [0, 0.05) is 12.1 Å². The Morgan fingerprint density at radius 1 is 0.963 bits per heavy atom. The summed E-state index contributed by atoms with van der Waals surface area (Å²) in [5.74, 6) is 0.687. The third kappa shape index (κ3) is 4.54. The predicted molar refractivity (Wildman–Crippen MR) is 96.0 cm³/mol. The van der Waals surface area contributed by atoms with Crippen LogP contribution in [0.4, 0.5) is 5.69 Å². The lowest BCUT2D eigenvalue weighted by atomic mass is 10.1. The summed E-state index contributed by atoms with van der Waals surface area (Å²) in [5, 5.41) is 39.1. The monoisotopic (exact) mass is 355 g/mol. The number of hydrogen-bond acceptors (Lipinski definition) is 7. The molecule has 1 N–H and O–H groups in total. The maximum atomic E-state index is 9.36. The standard InChI is InChI=1S/C20H13N5O2/c1-26-19-7-15(9-21)17(25-18(12-24)16(10-22)11-23)8-20(19)27-13-14-5-3-2-4-6-14/h2-8,25H,13H2,1H3. The number of hydrogen-bond donors (Lipinski definition) is 1. The number of nitrogens with one attached hydrogen (secondary N) is 1. The first-order valence-electron chi connectivity index (χ1n) is 7.67. The number of anilines is 1. The molecule has 2 rings (SSSR count). The Morgan fingerprint density at radius 3 is 2.22 bits per heavy atom. The highest BCUT2D eigenvalue weighted by Crippen LogP contribution is 2.34. The van der Waals surface area contributed by atoms with Gasteiger partial charge in [-0.15, -0.1) is 0 Å². The lowest BCUT2D eigenvalue weighted by molar-refractivity contribution is 0.284. The SMILES string of the molecule is COc1cc(C#N)c(NC(C#N)=C(C#N)C#N)cc1OCc1ccccc1. The van der Waals surface area contributed by atoms with Crippen LogP contribution >= 0.6 is 0 Å². The van der Waals surface area contributed by atoms with Crippen LogP contribution in [0.15, 0.2) is 53.7 Å². The molecule has 0 amide bonds. The van der Waals surface area contributed by atoms with E-state index in [1.807, 2.05) is 36.4 Å². The second-order valence-corrected chi connectivity index (χ2v) is 5.15. The van der Waals surface area contributed by atoms with Crippen molar-refractivity contribution in [3.63, 3.8) is 0 Å². The van der Waals surface area contributed by atoms with Gasteiger partial charge in [-0.3, -0.25) is 0 Å². The third-order valence-electron chi connectivity index (χ3n) is 3.51. The van der Waals surface area contributed by atoms with Gasteiger partial charge in [-0.05, 0) is 5.56 Å². The van der Waals surface area contributed by atoms with Crippen LogP contribution < -0.4 is 14.8 Å². The van der Waals surface area contributed by atoms with Crippen LogP contribution in [-0.4, -0.2) is 7.11 Å². The van der Waals surface area contributed by atoms with Gasteiger partial charge in [0.15, 0.2) is 17.1 Å². The summed E-state index contributed by atoms with van der Waals surface area (Å²) >= 11 is 0. The molecule has 0 aliphatic heterocycles. The first-order chi connectivity index (χ1) is 13.2. The fraction of sp³-hybridized carbons (Fsp3) is 0.100. The van der Waals surface area contributed by atoms with E-state index in [0.29, 0.717) is 11.5 Å². The summed E-state index contributed by atoms with van der Waals surface area (Å²) < 4.78 is 11.0. The molecule has 0 aromatic heterocycles. The van der Waals surface area contributed by atoms with E-state index in [1.165, 1.54) is 19.2 Å². The topological polar surface area (TPSA) is 126 Å². The highest BCUT2D eigenvalue weighted by molar-refractivity contribution is 5.69. The molecular weight excluding hydrogens is 342 g/mol. The van der Waals surface area contributed by atoms with Crippen molar-refractivity contribution in [1.29, 1.82) is 21.0 Å². The summed E-state index contributed by atoms with van der Waals surface area (Å²) in [6.07, 6.45) is 0. The Labute approximate surface area is 156 Å². The van der Waals surface area contributed by atoms with Gasteiger partial charge in [0.2, 0.25) is 0 Å². The van der Waals surface area contributed by atoms with Gasteiger partial charge in [-0.1, -0.05) is 30.3 Å². The normalized spacial score (nSPS) is 8.93. The van der Waals surface area contributed by atoms with Gasteiger partial charge >= 0.3 is 0 Å². The van der Waals surface area contributed by atoms with Crippen LogP contribution in [0.5, 0.6) is 11.5 Å². The number of ether oxygens (including phenoxy) is 2. The largest absolute Gasteiger partial charge is 0.493 e. The lowest BCUT2D eigenvalue weighted by Crippen LogP contribution is -2.04. The molecule has 0 heterocycles. The zero-order valence-electron chi connectivity index (χ0n) is 14.4. The number of methoxy groups -OCH3 is 1. The van der Waals surface area contributed by atoms with E-state index in [-0.39, 0.29) is 29.1 Å². The Kier molecular flexibility index (Phi) is 6.39. The van der Waals surface area contributed by atoms with Crippen molar-refractivity contribution in [1.82, 2.24) is 0 Å². The molecule has 0 radical (unpaired) electrons. The zero-order valence-corrected chi connectivity index (χ0v) is 14.4. The lowest BCUT2D eigenvalue weighted by Gasteiger charge is -2.14. The Hall–Kier alpha value is -4.46. The van der Waals surface area contributed by atoms with Crippen molar-refractivity contribution in [2.45, 2.75) is 6.61 Å². The molecule has 0 spiro atoms. The van der Waals surface area contributed by atoms with Crippen molar-refractivity contribution in [2.24, 2.45) is 0 Å². The molecule has 7 nitrogen and oxygen atoms in total. The van der Waals surface area contributed by atoms with Gasteiger partial charge < -0.3 is 14.8 Å². The molecule has 0 saturated carbocycles. The van der Waals surface area contributed by atoms with E-state index < -0.39 is 0 Å². The van der Waals surface area contributed by atoms with Crippen LogP contribution in [0.25, 0.3) is 0 Å². The minimum Gasteiger partial charge on any atom is -0.493 e. The minimum atomic E-state index is -0.385. The second kappa shape index (κ2) is 9.14. The molecule has 0 unspecified atom stereocenters. The molecule has 130 valence electrons. The Balaban J connectivity index is 2.42. The number of allylic oxidation sites excluding steroid dienone is 2. The molecule has 2 aromatic rings. The van der Waals surface area contributed by atoms with Gasteiger partial charge in [0.05, 0.1) is 18.4 Å². The molecule has 0 bridgehead atoms. The summed E-state index contributed by atoms with van der Waals surface area (Å²) in [7, 11) is 1.45. The first-order valence-corrected chi connectivity index (χ1v) is 7.67. The van der Waals surface area contributed by atoms with Crippen molar-refractivity contribution in [3.8, 4) is 35.8 Å². The van der Waals surface area contributed by atoms with Gasteiger partial charge in [-0.25, -0.2) is 0 Å². The molecule has 0 aliphatic rings. The van der Waals surface area contributed by atoms with Crippen molar-refractivity contribution in [2.75, 3.05) is 12.4 Å². The smallest absolute Gasteiger partial charge is 0.163 e. The fourth-order valence-corrected chi connectivity index (χ4v) is 2.18. The first kappa shape index (κ1) is 18.9. The molecule has 0 saturated heterocycles. The summed E-state index contributed by atoms with van der Waals surface area (Å²) in [4.78, 5) is 0. The molecule has 0 fully saturated rings. The maximum absolute atomic E-state index is 9.36. The number of nitriles is 4. The van der Waals surface area contributed by atoms with Crippen LogP contribution in [-0.2, 0) is 6.61 Å². The van der Waals surface area contributed by atoms with Crippen LogP contribution in [0.3, 0.4) is 0 Å². The third-order valence-corrected chi connectivity index (χ3v) is 3.51. The van der Waals surface area contributed by atoms with Crippen LogP contribution in [0.2, 0.25) is 0 Å². The van der Waals surface area contributed by atoms with Gasteiger partial charge in [-0.2, -0.15) is 21.0 Å². The zero-order chi connectivity index (χ0) is 19.6. The van der Waals surface area contributed by atoms with Crippen molar-refractivity contribution >= 4 is 5.69 Å². The molecule has 0 aliphatic carbocycles. The molecule has 2 aromatic carbocycles. The summed E-state index contributed by atoms with van der Waals surface area (Å²) in [6.45, 7) is 0.269. The van der Waals surface area contributed by atoms with E-state index in [4.69, 9.17) is 20.0 Å². The number of benzene rings is 2.